The second-order valence-electron chi connectivity index (χ2n) is 3.19. The molecule has 3 heteroatoms. The molecule has 2 fully saturated rings. The molecule has 2 aliphatic rings. The lowest BCUT2D eigenvalue weighted by Crippen LogP contribution is -2.28. The van der Waals surface area contributed by atoms with Crippen molar-refractivity contribution in [2.45, 2.75) is 24.9 Å². The molecule has 2 unspecified atom stereocenters. The van der Waals surface area contributed by atoms with Crippen LogP contribution in [0.1, 0.15) is 12.8 Å². The smallest absolute Gasteiger partial charge is 0.111 e. The second kappa shape index (κ2) is 2.80. The van der Waals surface area contributed by atoms with Crippen LogP contribution in [-0.4, -0.2) is 36.7 Å². The molecular weight excluding hydrogens is 140 g/mol. The van der Waals surface area contributed by atoms with Gasteiger partial charge in [-0.2, -0.15) is 5.26 Å². The van der Waals surface area contributed by atoms with Crippen molar-refractivity contribution in [2.75, 3.05) is 19.8 Å². The Hall–Kier alpha value is -0.590. The first-order chi connectivity index (χ1) is 5.42. The minimum absolute atomic E-state index is 0.220. The summed E-state index contributed by atoms with van der Waals surface area (Å²) >= 11 is 0. The summed E-state index contributed by atoms with van der Waals surface area (Å²) in [6.45, 7) is 2.74. The predicted octanol–water partition coefficient (Wildman–Crippen LogP) is 0.373. The Labute approximate surface area is 66.5 Å². The highest BCUT2D eigenvalue weighted by molar-refractivity contribution is 5.08. The molecule has 2 saturated heterocycles. The van der Waals surface area contributed by atoms with Crippen LogP contribution in [0.15, 0.2) is 0 Å². The summed E-state index contributed by atoms with van der Waals surface area (Å²) in [5, 5.41) is 8.58. The molecule has 0 spiro atoms. The number of nitriles is 1. The molecule has 0 N–H and O–H groups in total. The molecule has 3 nitrogen and oxygen atoms in total. The first-order valence-electron chi connectivity index (χ1n) is 4.15. The lowest BCUT2D eigenvalue weighted by Gasteiger charge is -2.22. The Morgan fingerprint density at radius 2 is 2.09 bits per heavy atom. The van der Waals surface area contributed by atoms with Gasteiger partial charge in [0.25, 0.3) is 0 Å². The normalized spacial score (nSPS) is 38.1. The van der Waals surface area contributed by atoms with Gasteiger partial charge in [-0.05, 0) is 12.8 Å². The molecule has 2 heterocycles. The largest absolute Gasteiger partial charge is 0.381 e. The summed E-state index contributed by atoms with van der Waals surface area (Å²) in [7, 11) is 0. The number of hydrogen-bond acceptors (Lipinski definition) is 3. The maximum atomic E-state index is 8.58. The topological polar surface area (TPSA) is 36.0 Å². The van der Waals surface area contributed by atoms with Crippen molar-refractivity contribution < 1.29 is 4.74 Å². The third-order valence-corrected chi connectivity index (χ3v) is 2.46. The van der Waals surface area contributed by atoms with E-state index in [-0.39, 0.29) is 6.04 Å². The van der Waals surface area contributed by atoms with Crippen molar-refractivity contribution >= 4 is 0 Å². The van der Waals surface area contributed by atoms with Gasteiger partial charge in [0.2, 0.25) is 0 Å². The maximum absolute atomic E-state index is 8.58. The van der Waals surface area contributed by atoms with E-state index in [0.717, 1.165) is 32.6 Å². The Morgan fingerprint density at radius 1 is 1.36 bits per heavy atom. The molecule has 0 bridgehead atoms. The predicted molar refractivity (Wildman–Crippen MR) is 39.9 cm³/mol. The molecule has 2 aliphatic heterocycles. The summed E-state index contributed by atoms with van der Waals surface area (Å²) in [5.74, 6) is 0. The first kappa shape index (κ1) is 7.08. The zero-order valence-corrected chi connectivity index (χ0v) is 6.49. The van der Waals surface area contributed by atoms with Gasteiger partial charge in [0.1, 0.15) is 6.04 Å². The summed E-state index contributed by atoms with van der Waals surface area (Å²) in [6.07, 6.45) is 2.22. The number of ether oxygens (including phenoxy) is 1. The van der Waals surface area contributed by atoms with Crippen molar-refractivity contribution in [3.05, 3.63) is 0 Å². The molecule has 2 rings (SSSR count). The standard InChI is InChI=1S/C8H12N2O/c9-5-8-6-10(8)7-1-3-11-4-2-7/h7-8H,1-4,6H2. The zero-order chi connectivity index (χ0) is 7.68. The third kappa shape index (κ3) is 1.37. The highest BCUT2D eigenvalue weighted by Crippen LogP contribution is 2.26. The fourth-order valence-electron chi connectivity index (χ4n) is 1.69. The van der Waals surface area contributed by atoms with Gasteiger partial charge in [-0.3, -0.25) is 4.90 Å². The third-order valence-electron chi connectivity index (χ3n) is 2.46. The molecule has 0 aromatic carbocycles. The molecular formula is C8H12N2O. The van der Waals surface area contributed by atoms with Crippen LogP contribution < -0.4 is 0 Å². The van der Waals surface area contributed by atoms with Crippen LogP contribution in [0.4, 0.5) is 0 Å². The molecule has 0 amide bonds. The zero-order valence-electron chi connectivity index (χ0n) is 6.49. The highest BCUT2D eigenvalue weighted by atomic mass is 16.5. The van der Waals surface area contributed by atoms with Gasteiger partial charge in [0.05, 0.1) is 6.07 Å². The summed E-state index contributed by atoms with van der Waals surface area (Å²) in [4.78, 5) is 2.27. The Bertz CT molecular complexity index is 181. The van der Waals surface area contributed by atoms with E-state index in [2.05, 4.69) is 11.0 Å². The van der Waals surface area contributed by atoms with E-state index in [9.17, 15) is 0 Å². The minimum atomic E-state index is 0.220. The average molecular weight is 152 g/mol. The van der Waals surface area contributed by atoms with Gasteiger partial charge in [-0.15, -0.1) is 0 Å². The van der Waals surface area contributed by atoms with Gasteiger partial charge in [0, 0.05) is 25.8 Å². The maximum Gasteiger partial charge on any atom is 0.111 e. The lowest BCUT2D eigenvalue weighted by atomic mass is 10.1. The van der Waals surface area contributed by atoms with Crippen molar-refractivity contribution in [1.29, 1.82) is 5.26 Å². The van der Waals surface area contributed by atoms with Crippen LogP contribution in [0.5, 0.6) is 0 Å². The van der Waals surface area contributed by atoms with Gasteiger partial charge >= 0.3 is 0 Å². The minimum Gasteiger partial charge on any atom is -0.381 e. The van der Waals surface area contributed by atoms with Crippen LogP contribution in [0.3, 0.4) is 0 Å². The van der Waals surface area contributed by atoms with Crippen molar-refractivity contribution in [3.63, 3.8) is 0 Å². The van der Waals surface area contributed by atoms with E-state index in [1.54, 1.807) is 0 Å². The Morgan fingerprint density at radius 3 is 2.64 bits per heavy atom. The summed E-state index contributed by atoms with van der Waals surface area (Å²) in [6, 6.07) is 3.12. The molecule has 0 aromatic rings. The van der Waals surface area contributed by atoms with Crippen LogP contribution in [-0.2, 0) is 4.74 Å². The van der Waals surface area contributed by atoms with Gasteiger partial charge in [-0.1, -0.05) is 0 Å². The number of hydrogen-bond donors (Lipinski definition) is 0. The molecule has 0 aromatic heterocycles. The van der Waals surface area contributed by atoms with E-state index < -0.39 is 0 Å². The van der Waals surface area contributed by atoms with Crippen molar-refractivity contribution in [2.24, 2.45) is 0 Å². The van der Waals surface area contributed by atoms with E-state index in [1.807, 2.05) is 0 Å². The van der Waals surface area contributed by atoms with E-state index in [4.69, 9.17) is 10.00 Å². The monoisotopic (exact) mass is 152 g/mol. The van der Waals surface area contributed by atoms with E-state index in [0.29, 0.717) is 6.04 Å². The van der Waals surface area contributed by atoms with Crippen LogP contribution in [0.2, 0.25) is 0 Å². The molecule has 60 valence electrons. The van der Waals surface area contributed by atoms with Gasteiger partial charge in [-0.25, -0.2) is 0 Å². The summed E-state index contributed by atoms with van der Waals surface area (Å²) < 4.78 is 5.24. The fourth-order valence-corrected chi connectivity index (χ4v) is 1.69. The quantitative estimate of drug-likeness (QED) is 0.509. The molecule has 11 heavy (non-hydrogen) atoms. The van der Waals surface area contributed by atoms with Gasteiger partial charge in [0.15, 0.2) is 0 Å². The second-order valence-corrected chi connectivity index (χ2v) is 3.19. The highest BCUT2D eigenvalue weighted by Gasteiger charge is 2.39. The van der Waals surface area contributed by atoms with Crippen LogP contribution in [0, 0.1) is 11.3 Å². The SMILES string of the molecule is N#CC1CN1C1CCOCC1. The number of nitrogens with zero attached hydrogens (tertiary/aromatic N) is 2. The van der Waals surface area contributed by atoms with E-state index in [1.165, 1.54) is 0 Å². The lowest BCUT2D eigenvalue weighted by molar-refractivity contribution is 0.0625. The van der Waals surface area contributed by atoms with Crippen LogP contribution >= 0.6 is 0 Å². The average Bonchev–Trinajstić information content (AvgIpc) is 2.85. The molecule has 2 atom stereocenters. The summed E-state index contributed by atoms with van der Waals surface area (Å²) in [5.41, 5.74) is 0. The van der Waals surface area contributed by atoms with Gasteiger partial charge < -0.3 is 4.74 Å². The van der Waals surface area contributed by atoms with E-state index >= 15 is 0 Å². The molecule has 0 saturated carbocycles. The van der Waals surface area contributed by atoms with Crippen LogP contribution in [0.25, 0.3) is 0 Å². The molecule has 0 radical (unpaired) electrons. The Balaban J connectivity index is 1.83. The first-order valence-corrected chi connectivity index (χ1v) is 4.15. The molecule has 0 aliphatic carbocycles. The number of rotatable bonds is 1. The van der Waals surface area contributed by atoms with Crippen molar-refractivity contribution in [1.82, 2.24) is 4.90 Å². The fraction of sp³-hybridized carbons (Fsp3) is 0.875. The Kier molecular flexibility index (Phi) is 1.80. The van der Waals surface area contributed by atoms with Crippen molar-refractivity contribution in [3.8, 4) is 6.07 Å².